The fourth-order valence-corrected chi connectivity index (χ4v) is 2.60. The van der Waals surface area contributed by atoms with Gasteiger partial charge in [0, 0.05) is 22.9 Å². The summed E-state index contributed by atoms with van der Waals surface area (Å²) in [7, 11) is 1.60. The summed E-state index contributed by atoms with van der Waals surface area (Å²) in [5, 5.41) is 6.18. The zero-order valence-electron chi connectivity index (χ0n) is 16.5. The maximum atomic E-state index is 12.8. The molecule has 3 rings (SSSR count). The first-order chi connectivity index (χ1) is 13.3. The van der Waals surface area contributed by atoms with Crippen molar-refractivity contribution in [2.24, 2.45) is 0 Å². The first-order valence-electron chi connectivity index (χ1n) is 9.02. The van der Waals surface area contributed by atoms with Crippen molar-refractivity contribution in [3.05, 3.63) is 66.4 Å². The Kier molecular flexibility index (Phi) is 5.59. The second-order valence-electron chi connectivity index (χ2n) is 7.39. The first kappa shape index (κ1) is 19.4. The number of hydrogen-bond acceptors (Lipinski definition) is 5. The van der Waals surface area contributed by atoms with Gasteiger partial charge < -0.3 is 15.4 Å². The second kappa shape index (κ2) is 8.08. The zero-order valence-corrected chi connectivity index (χ0v) is 16.5. The van der Waals surface area contributed by atoms with Crippen LogP contribution in [0.3, 0.4) is 0 Å². The van der Waals surface area contributed by atoms with E-state index in [1.165, 1.54) is 0 Å². The third-order valence-electron chi connectivity index (χ3n) is 3.84. The molecule has 28 heavy (non-hydrogen) atoms. The van der Waals surface area contributed by atoms with Crippen LogP contribution in [0.25, 0.3) is 11.4 Å². The Morgan fingerprint density at radius 3 is 2.25 bits per heavy atom. The van der Waals surface area contributed by atoms with Crippen LogP contribution in [0.2, 0.25) is 0 Å². The van der Waals surface area contributed by atoms with E-state index in [0.717, 1.165) is 11.3 Å². The van der Waals surface area contributed by atoms with Crippen LogP contribution in [-0.4, -0.2) is 28.5 Å². The van der Waals surface area contributed by atoms with E-state index in [9.17, 15) is 4.79 Å². The molecular weight excluding hydrogens is 352 g/mol. The number of amides is 1. The molecule has 0 aliphatic heterocycles. The predicted molar refractivity (Wildman–Crippen MR) is 112 cm³/mol. The molecule has 1 aromatic heterocycles. The molecule has 2 aromatic carbocycles. The maximum Gasteiger partial charge on any atom is 0.274 e. The molecule has 0 spiro atoms. The number of methoxy groups -OCH3 is 1. The number of aromatic nitrogens is 2. The van der Waals surface area contributed by atoms with Crippen LogP contribution < -0.4 is 15.4 Å². The van der Waals surface area contributed by atoms with Crippen LogP contribution in [0.4, 0.5) is 11.5 Å². The molecule has 0 aliphatic carbocycles. The number of nitrogens with one attached hydrogen (secondary N) is 2. The van der Waals surface area contributed by atoms with Crippen LogP contribution in [0, 0.1) is 0 Å². The molecule has 0 fully saturated rings. The largest absolute Gasteiger partial charge is 0.497 e. The number of carbonyl (C=O) groups is 1. The van der Waals surface area contributed by atoms with E-state index in [0.29, 0.717) is 17.3 Å². The van der Waals surface area contributed by atoms with E-state index in [4.69, 9.17) is 4.74 Å². The minimum Gasteiger partial charge on any atom is -0.497 e. The number of ether oxygens (including phenoxy) is 1. The Bertz CT molecular complexity index is 949. The predicted octanol–water partition coefficient (Wildman–Crippen LogP) is 4.61. The molecule has 6 heteroatoms. The van der Waals surface area contributed by atoms with Gasteiger partial charge in [-0.25, -0.2) is 9.97 Å². The average molecular weight is 376 g/mol. The highest BCUT2D eigenvalue weighted by molar-refractivity contribution is 6.03. The van der Waals surface area contributed by atoms with E-state index < -0.39 is 0 Å². The fraction of sp³-hybridized carbons (Fsp3) is 0.227. The number of nitrogens with zero attached hydrogens (tertiary/aromatic N) is 2. The normalized spacial score (nSPS) is 11.0. The molecule has 2 N–H and O–H groups in total. The highest BCUT2D eigenvalue weighted by Crippen LogP contribution is 2.21. The summed E-state index contributed by atoms with van der Waals surface area (Å²) in [6.45, 7) is 6.11. The molecule has 0 radical (unpaired) electrons. The standard InChI is InChI=1S/C22H24N4O2/c1-22(2,3)26-19-14-18(24-20(25-19)15-8-6-5-7-9-15)21(27)23-16-10-12-17(28-4)13-11-16/h5-14H,1-4H3,(H,23,27)(H,24,25,26). The van der Waals surface area contributed by atoms with E-state index in [2.05, 4.69) is 20.6 Å². The van der Waals surface area contributed by atoms with Crippen LogP contribution in [-0.2, 0) is 0 Å². The van der Waals surface area contributed by atoms with Gasteiger partial charge in [-0.3, -0.25) is 4.79 Å². The van der Waals surface area contributed by atoms with Crippen molar-refractivity contribution in [3.8, 4) is 17.1 Å². The lowest BCUT2D eigenvalue weighted by Crippen LogP contribution is -2.27. The molecule has 0 saturated heterocycles. The Balaban J connectivity index is 1.93. The summed E-state index contributed by atoms with van der Waals surface area (Å²) >= 11 is 0. The quantitative estimate of drug-likeness (QED) is 0.680. The highest BCUT2D eigenvalue weighted by Gasteiger charge is 2.17. The monoisotopic (exact) mass is 376 g/mol. The van der Waals surface area contributed by atoms with Gasteiger partial charge in [0.1, 0.15) is 17.3 Å². The van der Waals surface area contributed by atoms with Crippen molar-refractivity contribution in [1.29, 1.82) is 0 Å². The number of carbonyl (C=O) groups excluding carboxylic acids is 1. The van der Waals surface area contributed by atoms with E-state index in [1.807, 2.05) is 51.1 Å². The van der Waals surface area contributed by atoms with Crippen LogP contribution >= 0.6 is 0 Å². The Hall–Kier alpha value is -3.41. The molecule has 3 aromatic rings. The van der Waals surface area contributed by atoms with Crippen molar-refractivity contribution in [1.82, 2.24) is 9.97 Å². The highest BCUT2D eigenvalue weighted by atomic mass is 16.5. The Morgan fingerprint density at radius 1 is 0.964 bits per heavy atom. The van der Waals surface area contributed by atoms with Crippen molar-refractivity contribution in [3.63, 3.8) is 0 Å². The van der Waals surface area contributed by atoms with Crippen LogP contribution in [0.1, 0.15) is 31.3 Å². The van der Waals surface area contributed by atoms with Crippen molar-refractivity contribution in [2.75, 3.05) is 17.7 Å². The lowest BCUT2D eigenvalue weighted by Gasteiger charge is -2.22. The lowest BCUT2D eigenvalue weighted by molar-refractivity contribution is 0.102. The molecule has 0 atom stereocenters. The number of benzene rings is 2. The van der Waals surface area contributed by atoms with Gasteiger partial charge in [-0.1, -0.05) is 30.3 Å². The summed E-state index contributed by atoms with van der Waals surface area (Å²) in [6, 6.07) is 18.4. The number of rotatable bonds is 5. The molecule has 1 heterocycles. The number of anilines is 2. The van der Waals surface area contributed by atoms with E-state index in [1.54, 1.807) is 37.4 Å². The molecule has 0 saturated carbocycles. The lowest BCUT2D eigenvalue weighted by atomic mass is 10.1. The SMILES string of the molecule is COc1ccc(NC(=O)c2cc(NC(C)(C)C)nc(-c3ccccc3)n2)cc1. The Labute approximate surface area is 165 Å². The molecular formula is C22H24N4O2. The third kappa shape index (κ3) is 5.07. The molecule has 144 valence electrons. The maximum absolute atomic E-state index is 12.8. The average Bonchev–Trinajstić information content (AvgIpc) is 2.67. The van der Waals surface area contributed by atoms with Crippen molar-refractivity contribution < 1.29 is 9.53 Å². The molecule has 0 unspecified atom stereocenters. The fourth-order valence-electron chi connectivity index (χ4n) is 2.60. The van der Waals surface area contributed by atoms with Gasteiger partial charge in [-0.15, -0.1) is 0 Å². The van der Waals surface area contributed by atoms with Gasteiger partial charge in [-0.05, 0) is 45.0 Å². The summed E-state index contributed by atoms with van der Waals surface area (Å²) < 4.78 is 5.14. The van der Waals surface area contributed by atoms with E-state index in [-0.39, 0.29) is 17.1 Å². The van der Waals surface area contributed by atoms with Gasteiger partial charge in [-0.2, -0.15) is 0 Å². The van der Waals surface area contributed by atoms with Crippen LogP contribution in [0.15, 0.2) is 60.7 Å². The van der Waals surface area contributed by atoms with Gasteiger partial charge in [0.25, 0.3) is 5.91 Å². The molecule has 6 nitrogen and oxygen atoms in total. The minimum atomic E-state index is -0.304. The topological polar surface area (TPSA) is 76.1 Å². The summed E-state index contributed by atoms with van der Waals surface area (Å²) in [4.78, 5) is 21.9. The Morgan fingerprint density at radius 2 is 1.64 bits per heavy atom. The van der Waals surface area contributed by atoms with Crippen molar-refractivity contribution in [2.45, 2.75) is 26.3 Å². The smallest absolute Gasteiger partial charge is 0.274 e. The van der Waals surface area contributed by atoms with Gasteiger partial charge in [0.2, 0.25) is 0 Å². The van der Waals surface area contributed by atoms with E-state index >= 15 is 0 Å². The van der Waals surface area contributed by atoms with Gasteiger partial charge in [0.15, 0.2) is 5.82 Å². The first-order valence-corrected chi connectivity index (χ1v) is 9.02. The van der Waals surface area contributed by atoms with Crippen molar-refractivity contribution >= 4 is 17.4 Å². The summed E-state index contributed by atoms with van der Waals surface area (Å²) in [6.07, 6.45) is 0. The zero-order chi connectivity index (χ0) is 20.1. The van der Waals surface area contributed by atoms with Gasteiger partial charge in [0.05, 0.1) is 7.11 Å². The second-order valence-corrected chi connectivity index (χ2v) is 7.39. The molecule has 0 aliphatic rings. The van der Waals surface area contributed by atoms with Crippen LogP contribution in [0.5, 0.6) is 5.75 Å². The molecule has 1 amide bonds. The summed E-state index contributed by atoms with van der Waals surface area (Å²) in [5.41, 5.74) is 1.59. The summed E-state index contributed by atoms with van der Waals surface area (Å²) in [5.74, 6) is 1.51. The third-order valence-corrected chi connectivity index (χ3v) is 3.84. The van der Waals surface area contributed by atoms with Gasteiger partial charge >= 0.3 is 0 Å². The minimum absolute atomic E-state index is 0.202. The molecule has 0 bridgehead atoms. The number of hydrogen-bond donors (Lipinski definition) is 2.